The van der Waals surface area contributed by atoms with Crippen molar-refractivity contribution >= 4 is 0 Å². The Labute approximate surface area is 68.6 Å². The first-order valence-electron chi connectivity index (χ1n) is 3.71. The molecule has 2 unspecified atom stereocenters. The Morgan fingerprint density at radius 3 is 2.58 bits per heavy atom. The maximum absolute atomic E-state index is 12.0. The van der Waals surface area contributed by atoms with Crippen LogP contribution < -0.4 is 0 Å². The molecule has 0 aliphatic carbocycles. The third-order valence-corrected chi connectivity index (χ3v) is 1.85. The van der Waals surface area contributed by atoms with E-state index in [0.29, 0.717) is 6.61 Å². The molecule has 0 aromatic rings. The molecule has 0 spiro atoms. The van der Waals surface area contributed by atoms with Crippen LogP contribution in [0.5, 0.6) is 0 Å². The monoisotopic (exact) mass is 184 g/mol. The summed E-state index contributed by atoms with van der Waals surface area (Å²) in [6.07, 6.45) is -5.78. The number of ether oxygens (including phenoxy) is 2. The lowest BCUT2D eigenvalue weighted by Crippen LogP contribution is -2.27. The first-order valence-corrected chi connectivity index (χ1v) is 3.71. The fourth-order valence-corrected chi connectivity index (χ4v) is 1.27. The highest BCUT2D eigenvalue weighted by Gasteiger charge is 2.45. The predicted octanol–water partition coefficient (Wildman–Crippen LogP) is 1.60. The van der Waals surface area contributed by atoms with Crippen molar-refractivity contribution in [3.63, 3.8) is 0 Å². The third kappa shape index (κ3) is 2.35. The van der Waals surface area contributed by atoms with Gasteiger partial charge in [0.05, 0.1) is 13.2 Å². The summed E-state index contributed by atoms with van der Waals surface area (Å²) in [5.41, 5.74) is 0. The van der Waals surface area contributed by atoms with Crippen molar-refractivity contribution in [2.75, 3.05) is 20.3 Å². The zero-order chi connectivity index (χ0) is 9.19. The molecule has 0 saturated carbocycles. The van der Waals surface area contributed by atoms with Gasteiger partial charge in [0, 0.05) is 13.0 Å². The van der Waals surface area contributed by atoms with Crippen LogP contribution in [0.4, 0.5) is 13.2 Å². The highest BCUT2D eigenvalue weighted by atomic mass is 19.4. The van der Waals surface area contributed by atoms with Gasteiger partial charge in [-0.25, -0.2) is 0 Å². The summed E-state index contributed by atoms with van der Waals surface area (Å²) in [6, 6.07) is 0. The number of hydrogen-bond acceptors (Lipinski definition) is 2. The molecular formula is C7H11F3O2. The molecule has 1 aliphatic heterocycles. The Hall–Kier alpha value is -0.290. The average Bonchev–Trinajstić information content (AvgIpc) is 2.35. The molecule has 2 atom stereocenters. The maximum atomic E-state index is 12.0. The van der Waals surface area contributed by atoms with Crippen LogP contribution in [0.1, 0.15) is 6.42 Å². The van der Waals surface area contributed by atoms with Crippen LogP contribution >= 0.6 is 0 Å². The molecule has 1 heterocycles. The van der Waals surface area contributed by atoms with Gasteiger partial charge in [0.1, 0.15) is 0 Å². The minimum atomic E-state index is -4.22. The average molecular weight is 184 g/mol. The molecule has 0 aromatic heterocycles. The molecule has 1 aliphatic rings. The van der Waals surface area contributed by atoms with Gasteiger partial charge in [-0.05, 0) is 6.42 Å². The fraction of sp³-hybridized carbons (Fsp3) is 1.00. The second kappa shape index (κ2) is 3.62. The smallest absolute Gasteiger partial charge is 0.384 e. The van der Waals surface area contributed by atoms with Crippen molar-refractivity contribution in [2.45, 2.75) is 18.7 Å². The standard InChI is InChI=1S/C7H11F3O2/c1-11-3-5-2-6(12-4-5)7(8,9)10/h5-6H,2-4H2,1H3. The van der Waals surface area contributed by atoms with Crippen LogP contribution in [0.2, 0.25) is 0 Å². The van der Waals surface area contributed by atoms with E-state index in [9.17, 15) is 13.2 Å². The summed E-state index contributed by atoms with van der Waals surface area (Å²) in [6.45, 7) is 0.491. The second-order valence-corrected chi connectivity index (χ2v) is 2.92. The van der Waals surface area contributed by atoms with Crippen LogP contribution in [0.25, 0.3) is 0 Å². The Balaban J connectivity index is 2.35. The van der Waals surface area contributed by atoms with Crippen molar-refractivity contribution in [3.8, 4) is 0 Å². The van der Waals surface area contributed by atoms with E-state index >= 15 is 0 Å². The topological polar surface area (TPSA) is 18.5 Å². The Kier molecular flexibility index (Phi) is 2.95. The Morgan fingerprint density at radius 2 is 2.17 bits per heavy atom. The van der Waals surface area contributed by atoms with E-state index in [1.165, 1.54) is 7.11 Å². The van der Waals surface area contributed by atoms with Gasteiger partial charge in [-0.15, -0.1) is 0 Å². The van der Waals surface area contributed by atoms with Crippen LogP contribution in [0.3, 0.4) is 0 Å². The van der Waals surface area contributed by atoms with E-state index in [2.05, 4.69) is 4.74 Å². The normalized spacial score (nSPS) is 31.0. The van der Waals surface area contributed by atoms with Crippen molar-refractivity contribution in [1.29, 1.82) is 0 Å². The molecule has 0 radical (unpaired) electrons. The molecule has 0 aromatic carbocycles. The van der Waals surface area contributed by atoms with E-state index in [-0.39, 0.29) is 18.9 Å². The fourth-order valence-electron chi connectivity index (χ4n) is 1.27. The quantitative estimate of drug-likeness (QED) is 0.649. The summed E-state index contributed by atoms with van der Waals surface area (Å²) in [5, 5.41) is 0. The van der Waals surface area contributed by atoms with Crippen molar-refractivity contribution in [1.82, 2.24) is 0 Å². The summed E-state index contributed by atoms with van der Waals surface area (Å²) < 4.78 is 45.3. The zero-order valence-electron chi connectivity index (χ0n) is 6.73. The summed E-state index contributed by atoms with van der Waals surface area (Å²) >= 11 is 0. The van der Waals surface area contributed by atoms with Crippen molar-refractivity contribution in [3.05, 3.63) is 0 Å². The van der Waals surface area contributed by atoms with E-state index in [4.69, 9.17) is 4.74 Å². The molecule has 0 bridgehead atoms. The lowest BCUT2D eigenvalue weighted by molar-refractivity contribution is -0.206. The highest BCUT2D eigenvalue weighted by molar-refractivity contribution is 4.78. The number of halogens is 3. The van der Waals surface area contributed by atoms with Gasteiger partial charge in [-0.3, -0.25) is 0 Å². The molecule has 1 saturated heterocycles. The minimum absolute atomic E-state index is 0.0251. The first-order chi connectivity index (χ1) is 5.54. The lowest BCUT2D eigenvalue weighted by atomic mass is 10.1. The summed E-state index contributed by atoms with van der Waals surface area (Å²) in [5.74, 6) is -0.110. The molecule has 72 valence electrons. The van der Waals surface area contributed by atoms with Gasteiger partial charge in [-0.2, -0.15) is 13.2 Å². The molecule has 1 rings (SSSR count). The maximum Gasteiger partial charge on any atom is 0.414 e. The number of alkyl halides is 3. The van der Waals surface area contributed by atoms with Gasteiger partial charge in [0.25, 0.3) is 0 Å². The third-order valence-electron chi connectivity index (χ3n) is 1.85. The van der Waals surface area contributed by atoms with Crippen molar-refractivity contribution in [2.24, 2.45) is 5.92 Å². The molecular weight excluding hydrogens is 173 g/mol. The molecule has 0 N–H and O–H groups in total. The summed E-state index contributed by atoms with van der Waals surface area (Å²) in [4.78, 5) is 0. The molecule has 0 amide bonds. The van der Waals surface area contributed by atoms with Crippen LogP contribution in [-0.2, 0) is 9.47 Å². The van der Waals surface area contributed by atoms with E-state index in [0.717, 1.165) is 0 Å². The van der Waals surface area contributed by atoms with Gasteiger partial charge in [0.2, 0.25) is 0 Å². The number of hydrogen-bond donors (Lipinski definition) is 0. The van der Waals surface area contributed by atoms with Crippen LogP contribution in [0.15, 0.2) is 0 Å². The van der Waals surface area contributed by atoms with Gasteiger partial charge in [-0.1, -0.05) is 0 Å². The predicted molar refractivity (Wildman–Crippen MR) is 35.8 cm³/mol. The van der Waals surface area contributed by atoms with Crippen molar-refractivity contribution < 1.29 is 22.6 Å². The Bertz CT molecular complexity index is 146. The van der Waals surface area contributed by atoms with E-state index < -0.39 is 12.3 Å². The Morgan fingerprint density at radius 1 is 1.50 bits per heavy atom. The number of rotatable bonds is 2. The highest BCUT2D eigenvalue weighted by Crippen LogP contribution is 2.32. The summed E-state index contributed by atoms with van der Waals surface area (Å²) in [7, 11) is 1.47. The minimum Gasteiger partial charge on any atom is -0.384 e. The lowest BCUT2D eigenvalue weighted by Gasteiger charge is -2.12. The molecule has 12 heavy (non-hydrogen) atoms. The first kappa shape index (κ1) is 9.80. The van der Waals surface area contributed by atoms with Crippen LogP contribution in [-0.4, -0.2) is 32.6 Å². The molecule has 2 nitrogen and oxygen atoms in total. The van der Waals surface area contributed by atoms with E-state index in [1.54, 1.807) is 0 Å². The van der Waals surface area contributed by atoms with Gasteiger partial charge < -0.3 is 9.47 Å². The zero-order valence-corrected chi connectivity index (χ0v) is 6.73. The van der Waals surface area contributed by atoms with Gasteiger partial charge >= 0.3 is 6.18 Å². The second-order valence-electron chi connectivity index (χ2n) is 2.92. The van der Waals surface area contributed by atoms with Crippen LogP contribution in [0, 0.1) is 5.92 Å². The van der Waals surface area contributed by atoms with Gasteiger partial charge in [0.15, 0.2) is 6.10 Å². The number of methoxy groups -OCH3 is 1. The molecule has 1 fully saturated rings. The largest absolute Gasteiger partial charge is 0.414 e. The SMILES string of the molecule is COCC1COC(C(F)(F)F)C1. The van der Waals surface area contributed by atoms with E-state index in [1.807, 2.05) is 0 Å². The molecule has 5 heteroatoms.